The van der Waals surface area contributed by atoms with Gasteiger partial charge in [0.2, 0.25) is 5.78 Å². The highest BCUT2D eigenvalue weighted by Crippen LogP contribution is 2.27. The number of benzene rings is 3. The Labute approximate surface area is 187 Å². The van der Waals surface area contributed by atoms with E-state index >= 15 is 0 Å². The molecule has 3 aromatic rings. The van der Waals surface area contributed by atoms with Crippen LogP contribution in [0.4, 0.5) is 5.69 Å². The summed E-state index contributed by atoms with van der Waals surface area (Å²) < 4.78 is 35.1. The summed E-state index contributed by atoms with van der Waals surface area (Å²) in [5.74, 6) is 0.325. The largest absolute Gasteiger partial charge is 0.497 e. The van der Waals surface area contributed by atoms with E-state index < -0.39 is 10.0 Å². The fraction of sp³-hybridized carbons (Fsp3) is 0.120. The maximum Gasteiger partial charge on any atom is 0.282 e. The molecule has 0 heterocycles. The topological polar surface area (TPSA) is 84.8 Å². The lowest BCUT2D eigenvalue weighted by Crippen LogP contribution is -2.23. The average Bonchev–Trinajstić information content (AvgIpc) is 2.78. The van der Waals surface area contributed by atoms with Crippen molar-refractivity contribution in [3.05, 3.63) is 101 Å². The molecule has 0 spiro atoms. The first-order valence-corrected chi connectivity index (χ1v) is 11.4. The van der Waals surface area contributed by atoms with Crippen molar-refractivity contribution in [2.75, 3.05) is 12.4 Å². The highest BCUT2D eigenvalue weighted by molar-refractivity contribution is 7.90. The van der Waals surface area contributed by atoms with Gasteiger partial charge in [-0.05, 0) is 55.8 Å². The van der Waals surface area contributed by atoms with Gasteiger partial charge in [0.15, 0.2) is 0 Å². The Kier molecular flexibility index (Phi) is 5.67. The lowest BCUT2D eigenvalue weighted by Gasteiger charge is -2.19. The molecule has 0 atom stereocenters. The second-order valence-electron chi connectivity index (χ2n) is 7.50. The molecule has 0 unspecified atom stereocenters. The van der Waals surface area contributed by atoms with E-state index in [1.54, 1.807) is 36.4 Å². The molecule has 0 saturated heterocycles. The van der Waals surface area contributed by atoms with Crippen LogP contribution in [0.1, 0.15) is 27.0 Å². The minimum atomic E-state index is -4.01. The highest BCUT2D eigenvalue weighted by Gasteiger charge is 2.26. The molecule has 162 valence electrons. The van der Waals surface area contributed by atoms with Crippen molar-refractivity contribution in [3.63, 3.8) is 0 Å². The van der Waals surface area contributed by atoms with Crippen LogP contribution in [0.25, 0.3) is 0 Å². The molecule has 0 amide bonds. The van der Waals surface area contributed by atoms with Crippen LogP contribution in [0, 0.1) is 13.8 Å². The maximum atomic E-state index is 13.1. The Bertz CT molecular complexity index is 1370. The Morgan fingerprint density at radius 3 is 2.25 bits per heavy atom. The van der Waals surface area contributed by atoms with Crippen molar-refractivity contribution in [3.8, 4) is 5.75 Å². The van der Waals surface area contributed by atoms with Crippen LogP contribution in [0.15, 0.2) is 87.8 Å². The van der Waals surface area contributed by atoms with Crippen LogP contribution in [-0.4, -0.2) is 27.0 Å². The van der Waals surface area contributed by atoms with Gasteiger partial charge in [-0.1, -0.05) is 42.0 Å². The highest BCUT2D eigenvalue weighted by atomic mass is 32.2. The van der Waals surface area contributed by atoms with Crippen molar-refractivity contribution in [1.82, 2.24) is 0 Å². The lowest BCUT2D eigenvalue weighted by molar-refractivity contribution is 0.103. The number of allylic oxidation sites excluding steroid dienone is 2. The average molecular weight is 447 g/mol. The number of hydrogen-bond acceptors (Lipinski definition) is 5. The van der Waals surface area contributed by atoms with Crippen molar-refractivity contribution in [2.45, 2.75) is 18.7 Å². The van der Waals surface area contributed by atoms with Crippen molar-refractivity contribution in [1.29, 1.82) is 0 Å². The summed E-state index contributed by atoms with van der Waals surface area (Å²) in [6.45, 7) is 3.94. The summed E-state index contributed by atoms with van der Waals surface area (Å²) >= 11 is 0. The number of aryl methyl sites for hydroxylation is 2. The summed E-state index contributed by atoms with van der Waals surface area (Å²) in [4.78, 5) is 13.1. The summed E-state index contributed by atoms with van der Waals surface area (Å²) in [5, 5.41) is 3.16. The summed E-state index contributed by atoms with van der Waals surface area (Å²) in [7, 11) is -2.50. The molecular formula is C25H22N2O4S. The molecule has 6 nitrogen and oxygen atoms in total. The predicted molar refractivity (Wildman–Crippen MR) is 125 cm³/mol. The van der Waals surface area contributed by atoms with Gasteiger partial charge in [-0.15, -0.1) is 0 Å². The molecule has 0 aromatic heterocycles. The van der Waals surface area contributed by atoms with E-state index in [9.17, 15) is 13.2 Å². The number of carbonyl (C=O) groups excluding carboxylic acids is 1. The lowest BCUT2D eigenvalue weighted by atomic mass is 9.92. The standard InChI is InChI=1S/C25H22N2O4S/c1-16-8-13-22(17(2)14-16)26-24-15-23(20-6-4-5-7-21(20)25(24)28)27-32(29,30)19-11-9-18(31-3)10-12-19/h4-15,26H,1-3H3. The number of nitrogens with one attached hydrogen (secondary N) is 1. The van der Waals surface area contributed by atoms with E-state index in [1.807, 2.05) is 32.0 Å². The smallest absolute Gasteiger partial charge is 0.282 e. The molecule has 32 heavy (non-hydrogen) atoms. The molecular weight excluding hydrogens is 424 g/mol. The molecule has 1 aliphatic carbocycles. The molecule has 3 aromatic carbocycles. The van der Waals surface area contributed by atoms with E-state index in [2.05, 4.69) is 9.71 Å². The third-order valence-electron chi connectivity index (χ3n) is 5.20. The third-order valence-corrected chi connectivity index (χ3v) is 6.51. The number of carbonyl (C=O) groups is 1. The maximum absolute atomic E-state index is 13.1. The first-order valence-electron chi connectivity index (χ1n) is 9.97. The second-order valence-corrected chi connectivity index (χ2v) is 9.11. The van der Waals surface area contributed by atoms with Crippen LogP contribution in [0.5, 0.6) is 5.75 Å². The SMILES string of the molecule is COc1ccc(S(=O)(=O)N=C2C=C(Nc3ccc(C)cc3C)C(=O)c3ccccc32)cc1. The number of nitrogens with zero attached hydrogens (tertiary/aromatic N) is 1. The van der Waals surface area contributed by atoms with Crippen LogP contribution in [0.3, 0.4) is 0 Å². The number of ether oxygens (including phenoxy) is 1. The fourth-order valence-corrected chi connectivity index (χ4v) is 4.52. The summed E-state index contributed by atoms with van der Waals surface area (Å²) in [5.41, 5.74) is 4.18. The minimum Gasteiger partial charge on any atom is -0.497 e. The predicted octanol–water partition coefficient (Wildman–Crippen LogP) is 4.68. The Balaban J connectivity index is 1.80. The van der Waals surface area contributed by atoms with Gasteiger partial charge in [0.1, 0.15) is 5.75 Å². The molecule has 0 bridgehead atoms. The van der Waals surface area contributed by atoms with Gasteiger partial charge < -0.3 is 10.1 Å². The first-order chi connectivity index (χ1) is 15.3. The molecule has 0 radical (unpaired) electrons. The number of methoxy groups -OCH3 is 1. The minimum absolute atomic E-state index is 0.0393. The number of hydrogen-bond donors (Lipinski definition) is 1. The number of anilines is 1. The Morgan fingerprint density at radius 2 is 1.59 bits per heavy atom. The molecule has 1 aliphatic rings. The van der Waals surface area contributed by atoms with Gasteiger partial charge in [-0.2, -0.15) is 12.8 Å². The summed E-state index contributed by atoms with van der Waals surface area (Å²) in [6, 6.07) is 18.7. The molecule has 0 aliphatic heterocycles. The number of rotatable bonds is 5. The second kappa shape index (κ2) is 8.43. The number of ketones is 1. The van der Waals surface area contributed by atoms with E-state index in [0.717, 1.165) is 16.8 Å². The zero-order chi connectivity index (χ0) is 22.9. The van der Waals surface area contributed by atoms with E-state index in [0.29, 0.717) is 16.9 Å². The zero-order valence-corrected chi connectivity index (χ0v) is 18.7. The third kappa shape index (κ3) is 4.20. The number of sulfonamides is 1. The number of Topliss-reactive ketones (excluding diaryl/α,β-unsaturated/α-hetero) is 1. The van der Waals surface area contributed by atoms with E-state index in [4.69, 9.17) is 4.74 Å². The Hall–Kier alpha value is -3.71. The molecule has 7 heteroatoms. The quantitative estimate of drug-likeness (QED) is 0.615. The van der Waals surface area contributed by atoms with Crippen molar-refractivity contribution < 1.29 is 17.9 Å². The van der Waals surface area contributed by atoms with Crippen LogP contribution < -0.4 is 10.1 Å². The van der Waals surface area contributed by atoms with Gasteiger partial charge in [0.05, 0.1) is 23.4 Å². The van der Waals surface area contributed by atoms with Crippen LogP contribution >= 0.6 is 0 Å². The van der Waals surface area contributed by atoms with Gasteiger partial charge in [0.25, 0.3) is 10.0 Å². The van der Waals surface area contributed by atoms with Crippen molar-refractivity contribution in [2.24, 2.45) is 4.40 Å². The van der Waals surface area contributed by atoms with E-state index in [-0.39, 0.29) is 22.1 Å². The first kappa shape index (κ1) is 21.5. The van der Waals surface area contributed by atoms with Gasteiger partial charge in [-0.3, -0.25) is 4.79 Å². The number of fused-ring (bicyclic) bond motifs is 1. The molecule has 0 saturated carbocycles. The van der Waals surface area contributed by atoms with E-state index in [1.165, 1.54) is 25.3 Å². The van der Waals surface area contributed by atoms with Gasteiger partial charge in [-0.25, -0.2) is 0 Å². The zero-order valence-electron chi connectivity index (χ0n) is 17.9. The van der Waals surface area contributed by atoms with Crippen LogP contribution in [-0.2, 0) is 10.0 Å². The van der Waals surface area contributed by atoms with Crippen molar-refractivity contribution >= 4 is 27.2 Å². The Morgan fingerprint density at radius 1 is 0.906 bits per heavy atom. The summed E-state index contributed by atoms with van der Waals surface area (Å²) in [6.07, 6.45) is 1.49. The normalized spacial score (nSPS) is 14.7. The molecule has 4 rings (SSSR count). The van der Waals surface area contributed by atoms with Gasteiger partial charge in [0, 0.05) is 16.8 Å². The van der Waals surface area contributed by atoms with Gasteiger partial charge >= 0.3 is 0 Å². The monoisotopic (exact) mass is 446 g/mol. The van der Waals surface area contributed by atoms with Crippen LogP contribution in [0.2, 0.25) is 0 Å². The molecule has 0 fully saturated rings. The molecule has 1 N–H and O–H groups in total. The fourth-order valence-electron chi connectivity index (χ4n) is 3.53.